The molecule has 1 fully saturated rings. The summed E-state index contributed by atoms with van der Waals surface area (Å²) in [5.74, 6) is 0. The Morgan fingerprint density at radius 3 is 2.65 bits per heavy atom. The molecule has 1 aromatic carbocycles. The molecule has 0 saturated carbocycles. The molecule has 122 valence electrons. The van der Waals surface area contributed by atoms with Crippen molar-refractivity contribution < 1.29 is 0 Å². The average Bonchev–Trinajstić information content (AvgIpc) is 2.99. The van der Waals surface area contributed by atoms with Crippen molar-refractivity contribution in [2.45, 2.75) is 25.4 Å². The van der Waals surface area contributed by atoms with E-state index in [0.29, 0.717) is 6.54 Å². The van der Waals surface area contributed by atoms with E-state index in [1.807, 2.05) is 24.3 Å². The topological polar surface area (TPSA) is 47.2 Å². The van der Waals surface area contributed by atoms with Crippen molar-refractivity contribution in [1.82, 2.24) is 14.0 Å². The lowest BCUT2D eigenvalue weighted by atomic mass is 10.0. The second kappa shape index (κ2) is 6.34. The van der Waals surface area contributed by atoms with E-state index in [9.17, 15) is 9.59 Å². The van der Waals surface area contributed by atoms with Crippen LogP contribution in [0.25, 0.3) is 0 Å². The largest absolute Gasteiger partial charge is 0.330 e. The van der Waals surface area contributed by atoms with Gasteiger partial charge in [0.05, 0.1) is 0 Å². The standard InChI is InChI=1S/C17H20ClN3O2/c1-19-12(10-16(22)20(2)17(19)23)11-21-9-5-8-15(21)13-6-3-4-7-14(13)18/h3-4,6-7,10,15H,5,8-9,11H2,1-2H3. The Balaban J connectivity index is 1.93. The third-order valence-corrected chi connectivity index (χ3v) is 4.96. The number of rotatable bonds is 3. The molecule has 0 spiro atoms. The maximum absolute atomic E-state index is 12.1. The maximum atomic E-state index is 12.1. The summed E-state index contributed by atoms with van der Waals surface area (Å²) in [6.45, 7) is 1.50. The lowest BCUT2D eigenvalue weighted by Crippen LogP contribution is -2.39. The molecule has 3 rings (SSSR count). The van der Waals surface area contributed by atoms with Crippen LogP contribution < -0.4 is 11.2 Å². The van der Waals surface area contributed by atoms with Crippen LogP contribution in [-0.4, -0.2) is 20.6 Å². The minimum Gasteiger partial charge on any atom is -0.299 e. The molecule has 0 radical (unpaired) electrons. The Morgan fingerprint density at radius 2 is 1.91 bits per heavy atom. The van der Waals surface area contributed by atoms with Crippen LogP contribution in [0.5, 0.6) is 0 Å². The molecule has 1 aromatic heterocycles. The van der Waals surface area contributed by atoms with E-state index in [1.165, 1.54) is 7.05 Å². The van der Waals surface area contributed by atoms with E-state index < -0.39 is 0 Å². The molecule has 1 aliphatic rings. The van der Waals surface area contributed by atoms with E-state index in [2.05, 4.69) is 4.90 Å². The molecule has 0 N–H and O–H groups in total. The Bertz CT molecular complexity index is 840. The summed E-state index contributed by atoms with van der Waals surface area (Å²) in [6, 6.07) is 9.64. The normalized spacial score (nSPS) is 18.5. The minimum atomic E-state index is -0.291. The van der Waals surface area contributed by atoms with Crippen LogP contribution in [0.4, 0.5) is 0 Å². The van der Waals surface area contributed by atoms with Gasteiger partial charge < -0.3 is 0 Å². The molecule has 0 amide bonds. The number of aromatic nitrogens is 2. The van der Waals surface area contributed by atoms with Gasteiger partial charge in [0, 0.05) is 43.5 Å². The second-order valence-electron chi connectivity index (χ2n) is 6.02. The van der Waals surface area contributed by atoms with Crippen LogP contribution in [-0.2, 0) is 20.6 Å². The summed E-state index contributed by atoms with van der Waals surface area (Å²) in [4.78, 5) is 26.3. The highest BCUT2D eigenvalue weighted by Gasteiger charge is 2.28. The van der Waals surface area contributed by atoms with Gasteiger partial charge in [-0.05, 0) is 31.0 Å². The zero-order chi connectivity index (χ0) is 16.6. The molecule has 1 aliphatic heterocycles. The molecule has 1 atom stereocenters. The Kier molecular flexibility index (Phi) is 4.41. The molecule has 2 heterocycles. The molecule has 5 nitrogen and oxygen atoms in total. The fraction of sp³-hybridized carbons (Fsp3) is 0.412. The molecule has 1 unspecified atom stereocenters. The van der Waals surface area contributed by atoms with Gasteiger partial charge in [0.2, 0.25) is 0 Å². The fourth-order valence-electron chi connectivity index (χ4n) is 3.25. The van der Waals surface area contributed by atoms with Gasteiger partial charge in [0.15, 0.2) is 0 Å². The third kappa shape index (κ3) is 2.99. The van der Waals surface area contributed by atoms with Crippen molar-refractivity contribution in [2.75, 3.05) is 6.54 Å². The van der Waals surface area contributed by atoms with Gasteiger partial charge in [-0.1, -0.05) is 29.8 Å². The second-order valence-corrected chi connectivity index (χ2v) is 6.43. The zero-order valence-corrected chi connectivity index (χ0v) is 14.1. The lowest BCUT2D eigenvalue weighted by Gasteiger charge is -2.26. The van der Waals surface area contributed by atoms with Crippen molar-refractivity contribution in [3.05, 3.63) is 67.4 Å². The first kappa shape index (κ1) is 16.0. The van der Waals surface area contributed by atoms with Crippen LogP contribution in [0.3, 0.4) is 0 Å². The maximum Gasteiger partial charge on any atom is 0.330 e. The van der Waals surface area contributed by atoms with E-state index in [4.69, 9.17) is 11.6 Å². The highest BCUT2D eigenvalue weighted by atomic mass is 35.5. The molecule has 23 heavy (non-hydrogen) atoms. The SMILES string of the molecule is Cn1c(CN2CCCC2c2ccccc2Cl)cc(=O)n(C)c1=O. The highest BCUT2D eigenvalue weighted by molar-refractivity contribution is 6.31. The quantitative estimate of drug-likeness (QED) is 0.864. The van der Waals surface area contributed by atoms with Gasteiger partial charge in [0.1, 0.15) is 0 Å². The van der Waals surface area contributed by atoms with E-state index in [0.717, 1.165) is 40.2 Å². The Morgan fingerprint density at radius 1 is 1.17 bits per heavy atom. The van der Waals surface area contributed by atoms with Crippen LogP contribution >= 0.6 is 11.6 Å². The van der Waals surface area contributed by atoms with Gasteiger partial charge >= 0.3 is 5.69 Å². The Labute approximate surface area is 139 Å². The lowest BCUT2D eigenvalue weighted by molar-refractivity contribution is 0.241. The van der Waals surface area contributed by atoms with Gasteiger partial charge in [-0.25, -0.2) is 4.79 Å². The molecule has 0 aliphatic carbocycles. The molecule has 2 aromatic rings. The number of hydrogen-bond acceptors (Lipinski definition) is 3. The number of halogens is 1. The summed E-state index contributed by atoms with van der Waals surface area (Å²) in [6.07, 6.45) is 2.11. The van der Waals surface area contributed by atoms with E-state index >= 15 is 0 Å². The molecular formula is C17H20ClN3O2. The number of nitrogens with zero attached hydrogens (tertiary/aromatic N) is 3. The first-order chi connectivity index (χ1) is 11.0. The van der Waals surface area contributed by atoms with Gasteiger partial charge in [-0.15, -0.1) is 0 Å². The smallest absolute Gasteiger partial charge is 0.299 e. The molecule has 1 saturated heterocycles. The van der Waals surface area contributed by atoms with Crippen LogP contribution in [0.15, 0.2) is 39.9 Å². The van der Waals surface area contributed by atoms with Crippen molar-refractivity contribution in [3.63, 3.8) is 0 Å². The van der Waals surface area contributed by atoms with Crippen molar-refractivity contribution in [3.8, 4) is 0 Å². The number of likely N-dealkylation sites (tertiary alicyclic amines) is 1. The van der Waals surface area contributed by atoms with E-state index in [-0.39, 0.29) is 17.3 Å². The van der Waals surface area contributed by atoms with Crippen molar-refractivity contribution in [1.29, 1.82) is 0 Å². The number of benzene rings is 1. The van der Waals surface area contributed by atoms with Crippen molar-refractivity contribution >= 4 is 11.6 Å². The van der Waals surface area contributed by atoms with Crippen LogP contribution in [0.2, 0.25) is 5.02 Å². The zero-order valence-electron chi connectivity index (χ0n) is 13.3. The van der Waals surface area contributed by atoms with Crippen LogP contribution in [0, 0.1) is 0 Å². The fourth-order valence-corrected chi connectivity index (χ4v) is 3.51. The Hall–Kier alpha value is -1.85. The van der Waals surface area contributed by atoms with Crippen molar-refractivity contribution in [2.24, 2.45) is 14.1 Å². The third-order valence-electron chi connectivity index (χ3n) is 4.62. The molecule has 0 bridgehead atoms. The number of hydrogen-bond donors (Lipinski definition) is 0. The summed E-state index contributed by atoms with van der Waals surface area (Å²) in [7, 11) is 3.20. The predicted octanol–water partition coefficient (Wildman–Crippen LogP) is 2.07. The van der Waals surface area contributed by atoms with Gasteiger partial charge in [0.25, 0.3) is 5.56 Å². The first-order valence-corrected chi connectivity index (χ1v) is 8.11. The summed E-state index contributed by atoms with van der Waals surface area (Å²) >= 11 is 6.34. The highest BCUT2D eigenvalue weighted by Crippen LogP contribution is 2.36. The summed E-state index contributed by atoms with van der Waals surface area (Å²) in [5, 5.41) is 0.766. The van der Waals surface area contributed by atoms with Crippen LogP contribution in [0.1, 0.15) is 30.1 Å². The minimum absolute atomic E-state index is 0.225. The molecular weight excluding hydrogens is 314 g/mol. The first-order valence-electron chi connectivity index (χ1n) is 7.73. The average molecular weight is 334 g/mol. The summed E-state index contributed by atoms with van der Waals surface area (Å²) < 4.78 is 2.67. The summed E-state index contributed by atoms with van der Waals surface area (Å²) in [5.41, 5.74) is 1.29. The van der Waals surface area contributed by atoms with Gasteiger partial charge in [-0.2, -0.15) is 0 Å². The monoisotopic (exact) mass is 333 g/mol. The molecule has 6 heteroatoms. The predicted molar refractivity (Wildman–Crippen MR) is 90.8 cm³/mol. The van der Waals surface area contributed by atoms with Gasteiger partial charge in [-0.3, -0.25) is 18.8 Å². The van der Waals surface area contributed by atoms with E-state index in [1.54, 1.807) is 17.7 Å².